The fourth-order valence-corrected chi connectivity index (χ4v) is 3.25. The SMILES string of the molecule is CCCCCCCCCCCCc1cccc2c1COC2=O. The average molecular weight is 302 g/mol. The van der Waals surface area contributed by atoms with Gasteiger partial charge in [0.25, 0.3) is 0 Å². The molecule has 1 aliphatic heterocycles. The van der Waals surface area contributed by atoms with Gasteiger partial charge in [-0.2, -0.15) is 0 Å². The van der Waals surface area contributed by atoms with E-state index in [4.69, 9.17) is 4.74 Å². The molecule has 0 spiro atoms. The molecule has 0 atom stereocenters. The molecule has 0 saturated carbocycles. The highest BCUT2D eigenvalue weighted by Gasteiger charge is 2.22. The minimum absolute atomic E-state index is 0.153. The van der Waals surface area contributed by atoms with Crippen LogP contribution in [0.25, 0.3) is 0 Å². The van der Waals surface area contributed by atoms with Crippen molar-refractivity contribution in [1.82, 2.24) is 0 Å². The number of fused-ring (bicyclic) bond motifs is 1. The van der Waals surface area contributed by atoms with Crippen LogP contribution in [0.4, 0.5) is 0 Å². The van der Waals surface area contributed by atoms with E-state index in [1.165, 1.54) is 69.8 Å². The van der Waals surface area contributed by atoms with Gasteiger partial charge in [-0.1, -0.05) is 76.8 Å². The molecule has 0 bridgehead atoms. The molecule has 0 aromatic heterocycles. The van der Waals surface area contributed by atoms with Crippen molar-refractivity contribution >= 4 is 5.97 Å². The third-order valence-corrected chi connectivity index (χ3v) is 4.64. The Hall–Kier alpha value is -1.31. The van der Waals surface area contributed by atoms with Crippen molar-refractivity contribution in [2.45, 2.75) is 84.2 Å². The van der Waals surface area contributed by atoms with Gasteiger partial charge in [0.05, 0.1) is 5.56 Å². The molecular weight excluding hydrogens is 272 g/mol. The van der Waals surface area contributed by atoms with Gasteiger partial charge < -0.3 is 4.74 Å². The van der Waals surface area contributed by atoms with Crippen LogP contribution in [0.3, 0.4) is 0 Å². The van der Waals surface area contributed by atoms with E-state index in [1.54, 1.807) is 0 Å². The highest BCUT2D eigenvalue weighted by molar-refractivity contribution is 5.93. The number of carbonyl (C=O) groups is 1. The van der Waals surface area contributed by atoms with Gasteiger partial charge in [-0.25, -0.2) is 4.79 Å². The number of hydrogen-bond donors (Lipinski definition) is 0. The molecule has 0 N–H and O–H groups in total. The first-order valence-electron chi connectivity index (χ1n) is 9.11. The molecule has 1 aromatic rings. The molecular formula is C20H30O2. The zero-order chi connectivity index (χ0) is 15.6. The number of aryl methyl sites for hydroxylation is 1. The number of carbonyl (C=O) groups excluding carboxylic acids is 1. The second-order valence-corrected chi connectivity index (χ2v) is 6.45. The molecule has 0 radical (unpaired) electrons. The summed E-state index contributed by atoms with van der Waals surface area (Å²) in [5.41, 5.74) is 3.22. The van der Waals surface area contributed by atoms with Crippen molar-refractivity contribution in [2.75, 3.05) is 0 Å². The molecule has 1 heterocycles. The number of esters is 1. The fourth-order valence-electron chi connectivity index (χ4n) is 3.25. The van der Waals surface area contributed by atoms with Crippen LogP contribution in [0.5, 0.6) is 0 Å². The van der Waals surface area contributed by atoms with Crippen LogP contribution in [0.1, 0.15) is 92.6 Å². The standard InChI is InChI=1S/C20H30O2/c1-2-3-4-5-6-7-8-9-10-11-13-17-14-12-15-18-19(17)16-22-20(18)21/h12,14-15H,2-11,13,16H2,1H3. The van der Waals surface area contributed by atoms with Crippen LogP contribution >= 0.6 is 0 Å². The van der Waals surface area contributed by atoms with E-state index in [0.29, 0.717) is 6.61 Å². The van der Waals surface area contributed by atoms with Gasteiger partial charge in [-0.3, -0.25) is 0 Å². The lowest BCUT2D eigenvalue weighted by Gasteiger charge is -2.06. The van der Waals surface area contributed by atoms with Gasteiger partial charge in [0, 0.05) is 5.56 Å². The summed E-state index contributed by atoms with van der Waals surface area (Å²) in [5.74, 6) is -0.153. The van der Waals surface area contributed by atoms with E-state index >= 15 is 0 Å². The first-order valence-corrected chi connectivity index (χ1v) is 9.11. The van der Waals surface area contributed by atoms with Gasteiger partial charge in [0.1, 0.15) is 6.61 Å². The van der Waals surface area contributed by atoms with Crippen LogP contribution in [-0.2, 0) is 17.8 Å². The minimum Gasteiger partial charge on any atom is -0.457 e. The Bertz CT molecular complexity index is 465. The molecule has 122 valence electrons. The first-order chi connectivity index (χ1) is 10.8. The van der Waals surface area contributed by atoms with E-state index in [0.717, 1.165) is 17.5 Å². The number of ether oxygens (including phenoxy) is 1. The second-order valence-electron chi connectivity index (χ2n) is 6.45. The molecule has 2 heteroatoms. The largest absolute Gasteiger partial charge is 0.457 e. The maximum absolute atomic E-state index is 11.5. The van der Waals surface area contributed by atoms with Crippen molar-refractivity contribution in [1.29, 1.82) is 0 Å². The number of unbranched alkanes of at least 4 members (excludes halogenated alkanes) is 9. The Morgan fingerprint density at radius 1 is 0.909 bits per heavy atom. The van der Waals surface area contributed by atoms with Crippen molar-refractivity contribution in [3.05, 3.63) is 34.9 Å². The number of benzene rings is 1. The number of rotatable bonds is 11. The van der Waals surface area contributed by atoms with Crippen LogP contribution in [0, 0.1) is 0 Å². The predicted octanol–water partition coefficient (Wildman–Crippen LogP) is 5.82. The molecule has 0 unspecified atom stereocenters. The average Bonchev–Trinajstić information content (AvgIpc) is 2.91. The van der Waals surface area contributed by atoms with Gasteiger partial charge in [-0.05, 0) is 24.5 Å². The maximum Gasteiger partial charge on any atom is 0.338 e. The molecule has 0 amide bonds. The Morgan fingerprint density at radius 2 is 1.55 bits per heavy atom. The van der Waals surface area contributed by atoms with E-state index < -0.39 is 0 Å². The molecule has 0 fully saturated rings. The zero-order valence-electron chi connectivity index (χ0n) is 14.0. The normalized spacial score (nSPS) is 13.2. The third kappa shape index (κ3) is 5.15. The molecule has 22 heavy (non-hydrogen) atoms. The Balaban J connectivity index is 1.56. The zero-order valence-corrected chi connectivity index (χ0v) is 14.0. The van der Waals surface area contributed by atoms with E-state index in [-0.39, 0.29) is 5.97 Å². The summed E-state index contributed by atoms with van der Waals surface area (Å²) in [4.78, 5) is 11.5. The van der Waals surface area contributed by atoms with Crippen molar-refractivity contribution in [3.8, 4) is 0 Å². The lowest BCUT2D eigenvalue weighted by molar-refractivity contribution is 0.0535. The molecule has 2 nitrogen and oxygen atoms in total. The Labute approximate surface area is 135 Å². The second kappa shape index (κ2) is 9.66. The van der Waals surface area contributed by atoms with Crippen LogP contribution < -0.4 is 0 Å². The summed E-state index contributed by atoms with van der Waals surface area (Å²) in [5, 5.41) is 0. The van der Waals surface area contributed by atoms with Gasteiger partial charge in [0.2, 0.25) is 0 Å². The predicted molar refractivity (Wildman–Crippen MR) is 91.1 cm³/mol. The van der Waals surface area contributed by atoms with Crippen molar-refractivity contribution in [2.24, 2.45) is 0 Å². The lowest BCUT2D eigenvalue weighted by atomic mass is 9.98. The summed E-state index contributed by atoms with van der Waals surface area (Å²) in [6.45, 7) is 2.74. The van der Waals surface area contributed by atoms with E-state index in [1.807, 2.05) is 12.1 Å². The third-order valence-electron chi connectivity index (χ3n) is 4.64. The summed E-state index contributed by atoms with van der Waals surface area (Å²) >= 11 is 0. The highest BCUT2D eigenvalue weighted by Crippen LogP contribution is 2.25. The summed E-state index contributed by atoms with van der Waals surface area (Å²) in [6, 6.07) is 6.01. The van der Waals surface area contributed by atoms with Gasteiger partial charge in [-0.15, -0.1) is 0 Å². The Morgan fingerprint density at radius 3 is 2.23 bits per heavy atom. The van der Waals surface area contributed by atoms with Crippen molar-refractivity contribution in [3.63, 3.8) is 0 Å². The topological polar surface area (TPSA) is 26.3 Å². The van der Waals surface area contributed by atoms with Crippen LogP contribution in [0.15, 0.2) is 18.2 Å². The molecule has 0 aliphatic carbocycles. The highest BCUT2D eigenvalue weighted by atomic mass is 16.5. The summed E-state index contributed by atoms with van der Waals surface area (Å²) in [6.07, 6.45) is 14.7. The van der Waals surface area contributed by atoms with E-state index in [2.05, 4.69) is 13.0 Å². The smallest absolute Gasteiger partial charge is 0.338 e. The molecule has 2 rings (SSSR count). The van der Waals surface area contributed by atoms with Crippen molar-refractivity contribution < 1.29 is 9.53 Å². The summed E-state index contributed by atoms with van der Waals surface area (Å²) in [7, 11) is 0. The van der Waals surface area contributed by atoms with E-state index in [9.17, 15) is 4.79 Å². The summed E-state index contributed by atoms with van der Waals surface area (Å²) < 4.78 is 5.12. The molecule has 0 saturated heterocycles. The molecule has 1 aromatic carbocycles. The monoisotopic (exact) mass is 302 g/mol. The minimum atomic E-state index is -0.153. The number of hydrogen-bond acceptors (Lipinski definition) is 2. The maximum atomic E-state index is 11.5. The molecule has 1 aliphatic rings. The van der Waals surface area contributed by atoms with Crippen LogP contribution in [0.2, 0.25) is 0 Å². The van der Waals surface area contributed by atoms with Gasteiger partial charge >= 0.3 is 5.97 Å². The number of cyclic esters (lactones) is 1. The fraction of sp³-hybridized carbons (Fsp3) is 0.650. The Kier molecular flexibility index (Phi) is 7.48. The van der Waals surface area contributed by atoms with Crippen LogP contribution in [-0.4, -0.2) is 5.97 Å². The quantitative estimate of drug-likeness (QED) is 0.380. The van der Waals surface area contributed by atoms with Gasteiger partial charge in [0.15, 0.2) is 0 Å². The first kappa shape index (κ1) is 17.1. The lowest BCUT2D eigenvalue weighted by Crippen LogP contribution is -1.96.